The molecule has 2 aromatic carbocycles. The number of nitrogens with zero attached hydrogens (tertiary/aromatic N) is 2. The van der Waals surface area contributed by atoms with Crippen molar-refractivity contribution in [1.82, 2.24) is 15.2 Å². The number of hydrogen-bond acceptors (Lipinski definition) is 6. The molecule has 1 unspecified atom stereocenters. The van der Waals surface area contributed by atoms with Crippen LogP contribution in [0.2, 0.25) is 0 Å². The van der Waals surface area contributed by atoms with Crippen molar-refractivity contribution in [2.24, 2.45) is 0 Å². The molecule has 0 amide bonds. The highest BCUT2D eigenvalue weighted by molar-refractivity contribution is 7.18. The second-order valence-electron chi connectivity index (χ2n) is 7.13. The number of H-pyrrole nitrogens is 1. The molecule has 1 atom stereocenters. The van der Waals surface area contributed by atoms with Crippen LogP contribution in [0.5, 0.6) is 5.75 Å². The van der Waals surface area contributed by atoms with Gasteiger partial charge >= 0.3 is 5.97 Å². The number of hydrogen-bond donors (Lipinski definition) is 1. The van der Waals surface area contributed by atoms with Crippen LogP contribution in [0.15, 0.2) is 48.8 Å². The SMILES string of the molecule is COC(=O)Cc1ccc2c(c1)CC(c1nc3ccc(-c4cn[nH]c4)cc3s1)CO2. The highest BCUT2D eigenvalue weighted by Crippen LogP contribution is 2.37. The molecule has 0 aliphatic carbocycles. The van der Waals surface area contributed by atoms with Crippen molar-refractivity contribution >= 4 is 27.5 Å². The molecule has 2 aromatic heterocycles. The zero-order valence-corrected chi connectivity index (χ0v) is 16.7. The first kappa shape index (κ1) is 17.9. The summed E-state index contributed by atoms with van der Waals surface area (Å²) in [6, 6.07) is 12.2. The molecular formula is C22H19N3O3S. The van der Waals surface area contributed by atoms with Gasteiger partial charge in [0.2, 0.25) is 0 Å². The highest BCUT2D eigenvalue weighted by atomic mass is 32.1. The van der Waals surface area contributed by atoms with Gasteiger partial charge in [-0.1, -0.05) is 18.2 Å². The molecule has 6 nitrogen and oxygen atoms in total. The number of aromatic nitrogens is 3. The summed E-state index contributed by atoms with van der Waals surface area (Å²) in [4.78, 5) is 16.4. The lowest BCUT2D eigenvalue weighted by Crippen LogP contribution is -2.19. The van der Waals surface area contributed by atoms with Crippen molar-refractivity contribution in [1.29, 1.82) is 0 Å². The zero-order valence-electron chi connectivity index (χ0n) is 15.8. The first-order chi connectivity index (χ1) is 14.2. The van der Waals surface area contributed by atoms with Gasteiger partial charge in [-0.15, -0.1) is 11.3 Å². The Labute approximate surface area is 171 Å². The van der Waals surface area contributed by atoms with Crippen molar-refractivity contribution in [3.05, 3.63) is 64.9 Å². The fourth-order valence-corrected chi connectivity index (χ4v) is 4.75. The third kappa shape index (κ3) is 3.49. The smallest absolute Gasteiger partial charge is 0.309 e. The van der Waals surface area contributed by atoms with E-state index < -0.39 is 0 Å². The molecule has 0 saturated carbocycles. The van der Waals surface area contributed by atoms with Gasteiger partial charge in [-0.05, 0) is 41.3 Å². The summed E-state index contributed by atoms with van der Waals surface area (Å²) < 4.78 is 11.9. The summed E-state index contributed by atoms with van der Waals surface area (Å²) >= 11 is 1.71. The minimum atomic E-state index is -0.238. The number of benzene rings is 2. The number of fused-ring (bicyclic) bond motifs is 2. The number of nitrogens with one attached hydrogen (secondary N) is 1. The highest BCUT2D eigenvalue weighted by Gasteiger charge is 2.25. The molecule has 5 rings (SSSR count). The van der Waals surface area contributed by atoms with Gasteiger partial charge in [0.1, 0.15) is 10.8 Å². The standard InChI is InChI=1S/C22H19N3O3S/c1-27-21(26)7-13-2-5-19-15(6-13)8-16(12-28-19)22-25-18-4-3-14(9-20(18)29-22)17-10-23-24-11-17/h2-6,9-11,16H,7-8,12H2,1H3,(H,23,24). The number of esters is 1. The number of carbonyl (C=O) groups excluding carboxylic acids is 1. The lowest BCUT2D eigenvalue weighted by atomic mass is 9.95. The molecule has 3 heterocycles. The van der Waals surface area contributed by atoms with Crippen molar-refractivity contribution < 1.29 is 14.3 Å². The van der Waals surface area contributed by atoms with Crippen LogP contribution in [0.3, 0.4) is 0 Å². The summed E-state index contributed by atoms with van der Waals surface area (Å²) in [5.74, 6) is 0.849. The van der Waals surface area contributed by atoms with Crippen molar-refractivity contribution in [3.8, 4) is 16.9 Å². The predicted octanol–water partition coefficient (Wildman–Crippen LogP) is 4.12. The first-order valence-corrected chi connectivity index (χ1v) is 10.2. The molecule has 0 fully saturated rings. The van der Waals surface area contributed by atoms with E-state index in [1.807, 2.05) is 30.6 Å². The van der Waals surface area contributed by atoms with Crippen LogP contribution in [0, 0.1) is 0 Å². The van der Waals surface area contributed by atoms with E-state index in [-0.39, 0.29) is 18.3 Å². The number of methoxy groups -OCH3 is 1. The van der Waals surface area contributed by atoms with Gasteiger partial charge in [0.15, 0.2) is 0 Å². The van der Waals surface area contributed by atoms with Crippen LogP contribution in [-0.2, 0) is 22.4 Å². The fourth-order valence-electron chi connectivity index (χ4n) is 3.66. The Kier molecular flexibility index (Phi) is 4.52. The Morgan fingerprint density at radius 1 is 1.28 bits per heavy atom. The van der Waals surface area contributed by atoms with Crippen LogP contribution in [0.4, 0.5) is 0 Å². The van der Waals surface area contributed by atoms with Crippen LogP contribution in [-0.4, -0.2) is 34.9 Å². The van der Waals surface area contributed by atoms with Crippen LogP contribution in [0.25, 0.3) is 21.3 Å². The van der Waals surface area contributed by atoms with Gasteiger partial charge in [0.25, 0.3) is 0 Å². The van der Waals surface area contributed by atoms with Gasteiger partial charge in [-0.2, -0.15) is 5.10 Å². The van der Waals surface area contributed by atoms with Crippen molar-refractivity contribution in [2.75, 3.05) is 13.7 Å². The summed E-state index contributed by atoms with van der Waals surface area (Å²) in [7, 11) is 1.41. The quantitative estimate of drug-likeness (QED) is 0.517. The Balaban J connectivity index is 1.41. The minimum Gasteiger partial charge on any atom is -0.493 e. The maximum atomic E-state index is 11.6. The Bertz CT molecular complexity index is 1180. The second kappa shape index (κ2) is 7.33. The van der Waals surface area contributed by atoms with E-state index in [1.54, 1.807) is 11.3 Å². The fraction of sp³-hybridized carbons (Fsp3) is 0.227. The lowest BCUT2D eigenvalue weighted by Gasteiger charge is -2.24. The van der Waals surface area contributed by atoms with Crippen LogP contribution in [0.1, 0.15) is 22.1 Å². The molecule has 0 spiro atoms. The molecule has 0 bridgehead atoms. The number of thiazole rings is 1. The molecule has 1 N–H and O–H groups in total. The summed E-state index contributed by atoms with van der Waals surface area (Å²) in [6.45, 7) is 0.609. The lowest BCUT2D eigenvalue weighted by molar-refractivity contribution is -0.139. The van der Waals surface area contributed by atoms with E-state index in [9.17, 15) is 4.79 Å². The van der Waals surface area contributed by atoms with Gasteiger partial charge < -0.3 is 9.47 Å². The molecule has 0 radical (unpaired) electrons. The summed E-state index contributed by atoms with van der Waals surface area (Å²) in [6.07, 6.45) is 4.83. The molecule has 146 valence electrons. The Morgan fingerprint density at radius 2 is 2.21 bits per heavy atom. The van der Waals surface area contributed by atoms with E-state index in [0.29, 0.717) is 6.61 Å². The molecule has 0 saturated heterocycles. The van der Waals surface area contributed by atoms with E-state index in [2.05, 4.69) is 28.4 Å². The molecule has 7 heteroatoms. The maximum Gasteiger partial charge on any atom is 0.309 e. The predicted molar refractivity (Wildman–Crippen MR) is 111 cm³/mol. The maximum absolute atomic E-state index is 11.6. The topological polar surface area (TPSA) is 77.1 Å². The number of carbonyl (C=O) groups is 1. The van der Waals surface area contributed by atoms with Crippen molar-refractivity contribution in [3.63, 3.8) is 0 Å². The largest absolute Gasteiger partial charge is 0.493 e. The molecule has 1 aliphatic rings. The second-order valence-corrected chi connectivity index (χ2v) is 8.19. The number of rotatable bonds is 4. The third-order valence-electron chi connectivity index (χ3n) is 5.19. The van der Waals surface area contributed by atoms with Crippen LogP contribution >= 0.6 is 11.3 Å². The average molecular weight is 405 g/mol. The van der Waals surface area contributed by atoms with E-state index in [4.69, 9.17) is 14.5 Å². The van der Waals surface area contributed by atoms with Gasteiger partial charge in [0, 0.05) is 17.7 Å². The minimum absolute atomic E-state index is 0.200. The number of ether oxygens (including phenoxy) is 2. The third-order valence-corrected chi connectivity index (χ3v) is 6.37. The van der Waals surface area contributed by atoms with Gasteiger partial charge in [0.05, 0.1) is 36.6 Å². The van der Waals surface area contributed by atoms with Gasteiger partial charge in [-0.3, -0.25) is 9.89 Å². The van der Waals surface area contributed by atoms with E-state index in [1.165, 1.54) is 7.11 Å². The zero-order chi connectivity index (χ0) is 19.8. The van der Waals surface area contributed by atoms with Gasteiger partial charge in [-0.25, -0.2) is 4.98 Å². The van der Waals surface area contributed by atoms with Crippen LogP contribution < -0.4 is 4.74 Å². The molecular weight excluding hydrogens is 386 g/mol. The number of aromatic amines is 1. The Morgan fingerprint density at radius 3 is 3.03 bits per heavy atom. The Hall–Kier alpha value is -3.19. The van der Waals surface area contributed by atoms with E-state index in [0.717, 1.165) is 49.6 Å². The molecule has 29 heavy (non-hydrogen) atoms. The van der Waals surface area contributed by atoms with Crippen molar-refractivity contribution in [2.45, 2.75) is 18.8 Å². The molecule has 4 aromatic rings. The average Bonchev–Trinajstić information content (AvgIpc) is 3.42. The summed E-state index contributed by atoms with van der Waals surface area (Å²) in [5.41, 5.74) is 5.24. The first-order valence-electron chi connectivity index (χ1n) is 9.40. The normalized spacial score (nSPS) is 15.7. The monoisotopic (exact) mass is 405 g/mol. The van der Waals surface area contributed by atoms with E-state index >= 15 is 0 Å². The summed E-state index contributed by atoms with van der Waals surface area (Å²) in [5, 5.41) is 7.96. The molecule has 1 aliphatic heterocycles.